The molecule has 1 heterocycles. The highest BCUT2D eigenvalue weighted by Gasteiger charge is 2.38. The van der Waals surface area contributed by atoms with E-state index in [0.29, 0.717) is 12.2 Å². The van der Waals surface area contributed by atoms with Crippen LogP contribution in [0.5, 0.6) is 0 Å². The molecule has 0 radical (unpaired) electrons. The van der Waals surface area contributed by atoms with Crippen LogP contribution in [-0.2, 0) is 16.1 Å². The number of urea groups is 1. The van der Waals surface area contributed by atoms with Gasteiger partial charge in [0.15, 0.2) is 6.29 Å². The van der Waals surface area contributed by atoms with Crippen molar-refractivity contribution in [3.05, 3.63) is 77.9 Å². The number of hydrogen-bond acceptors (Lipinski definition) is 5. The lowest BCUT2D eigenvalue weighted by Gasteiger charge is -2.42. The third-order valence-electron chi connectivity index (χ3n) is 5.83. The maximum Gasteiger partial charge on any atom is 0.319 e. The summed E-state index contributed by atoms with van der Waals surface area (Å²) in [5.74, 6) is 0.118. The summed E-state index contributed by atoms with van der Waals surface area (Å²) in [7, 11) is 2.05. The van der Waals surface area contributed by atoms with Crippen LogP contribution in [0.3, 0.4) is 0 Å². The number of nitrogens with one attached hydrogen (secondary N) is 2. The molecule has 1 aliphatic rings. The third-order valence-corrected chi connectivity index (χ3v) is 5.83. The van der Waals surface area contributed by atoms with Gasteiger partial charge in [-0.3, -0.25) is 0 Å². The monoisotopic (exact) mass is 453 g/mol. The van der Waals surface area contributed by atoms with Crippen molar-refractivity contribution in [1.82, 2.24) is 10.2 Å². The maximum atomic E-state index is 11.8. The molecule has 3 N–H and O–H groups in total. The van der Waals surface area contributed by atoms with Gasteiger partial charge in [-0.25, -0.2) is 4.79 Å². The number of aliphatic hydroxyl groups excluding tert-OH is 1. The second kappa shape index (κ2) is 12.0. The molecule has 2 aromatic rings. The van der Waals surface area contributed by atoms with Crippen LogP contribution in [0.2, 0.25) is 0 Å². The molecule has 0 saturated carbocycles. The summed E-state index contributed by atoms with van der Waals surface area (Å²) in [4.78, 5) is 14.0. The van der Waals surface area contributed by atoms with Crippen molar-refractivity contribution in [3.63, 3.8) is 0 Å². The first-order valence-corrected chi connectivity index (χ1v) is 11.4. The molecule has 1 fully saturated rings. The second-order valence-electron chi connectivity index (χ2n) is 8.44. The Morgan fingerprint density at radius 3 is 2.39 bits per heavy atom. The summed E-state index contributed by atoms with van der Waals surface area (Å²) in [5.41, 5.74) is 3.51. The molecule has 0 unspecified atom stereocenters. The van der Waals surface area contributed by atoms with Gasteiger partial charge in [0.05, 0.1) is 18.8 Å². The summed E-state index contributed by atoms with van der Waals surface area (Å²) < 4.78 is 12.9. The third kappa shape index (κ3) is 6.65. The van der Waals surface area contributed by atoms with Crippen LogP contribution in [0.25, 0.3) is 0 Å². The highest BCUT2D eigenvalue weighted by Crippen LogP contribution is 2.41. The van der Waals surface area contributed by atoms with Gasteiger partial charge in [0.1, 0.15) is 0 Å². The first-order valence-electron chi connectivity index (χ1n) is 11.4. The molecule has 7 nitrogen and oxygen atoms in total. The van der Waals surface area contributed by atoms with Crippen molar-refractivity contribution in [3.8, 4) is 0 Å². The number of aliphatic hydroxyl groups is 1. The number of anilines is 1. The largest absolute Gasteiger partial charge is 0.392 e. The number of rotatable bonds is 9. The van der Waals surface area contributed by atoms with Crippen molar-refractivity contribution < 1.29 is 19.4 Å². The number of amides is 2. The van der Waals surface area contributed by atoms with E-state index in [0.717, 1.165) is 29.8 Å². The van der Waals surface area contributed by atoms with Gasteiger partial charge in [0.2, 0.25) is 0 Å². The van der Waals surface area contributed by atoms with Gasteiger partial charge in [0, 0.05) is 36.8 Å². The first kappa shape index (κ1) is 24.9. The summed E-state index contributed by atoms with van der Waals surface area (Å²) >= 11 is 0. The molecule has 2 aromatic carbocycles. The van der Waals surface area contributed by atoms with Gasteiger partial charge >= 0.3 is 6.03 Å². The minimum absolute atomic E-state index is 0.0126. The average molecular weight is 454 g/mol. The van der Waals surface area contributed by atoms with E-state index in [2.05, 4.69) is 36.1 Å². The molecule has 3 rings (SSSR count). The van der Waals surface area contributed by atoms with Gasteiger partial charge in [-0.05, 0) is 37.2 Å². The lowest BCUT2D eigenvalue weighted by molar-refractivity contribution is -0.275. The lowest BCUT2D eigenvalue weighted by atomic mass is 9.90. The van der Waals surface area contributed by atoms with Gasteiger partial charge in [0.25, 0.3) is 0 Å². The molecule has 0 aromatic heterocycles. The number of likely N-dealkylation sites (N-methyl/N-ethyl adjacent to an activating group) is 1. The number of hydrogen-bond donors (Lipinski definition) is 3. The normalized spacial score (nSPS) is 22.7. The van der Waals surface area contributed by atoms with E-state index in [-0.39, 0.29) is 30.8 Å². The van der Waals surface area contributed by atoms with E-state index in [1.54, 1.807) is 0 Å². The van der Waals surface area contributed by atoms with Crippen LogP contribution in [0, 0.1) is 5.92 Å². The Morgan fingerprint density at radius 2 is 1.79 bits per heavy atom. The Kier molecular flexibility index (Phi) is 9.03. The summed E-state index contributed by atoms with van der Waals surface area (Å²) in [6, 6.07) is 15.2. The first-order chi connectivity index (χ1) is 15.9. The zero-order valence-electron chi connectivity index (χ0n) is 19.7. The number of benzene rings is 2. The van der Waals surface area contributed by atoms with Crippen LogP contribution >= 0.6 is 0 Å². The lowest BCUT2D eigenvalue weighted by Crippen LogP contribution is -2.43. The van der Waals surface area contributed by atoms with Crippen molar-refractivity contribution in [2.75, 3.05) is 32.0 Å². The minimum atomic E-state index is -0.538. The molecule has 0 aliphatic carbocycles. The number of ether oxygens (including phenoxy) is 2. The molecular formula is C26H35N3O4. The zero-order chi connectivity index (χ0) is 23.8. The molecule has 1 aliphatic heterocycles. The van der Waals surface area contributed by atoms with E-state index < -0.39 is 6.29 Å². The average Bonchev–Trinajstić information content (AvgIpc) is 2.81. The molecule has 33 heavy (non-hydrogen) atoms. The number of carbonyl (C=O) groups excluding carboxylic acids is 1. The molecule has 1 saturated heterocycles. The Hall–Kier alpha value is -2.71. The summed E-state index contributed by atoms with van der Waals surface area (Å²) in [6.45, 7) is 9.94. The van der Waals surface area contributed by atoms with E-state index >= 15 is 0 Å². The van der Waals surface area contributed by atoms with Gasteiger partial charge in [-0.1, -0.05) is 49.4 Å². The van der Waals surface area contributed by atoms with Crippen molar-refractivity contribution in [2.45, 2.75) is 39.0 Å². The van der Waals surface area contributed by atoms with E-state index in [1.165, 1.54) is 0 Å². The second-order valence-corrected chi connectivity index (χ2v) is 8.44. The number of carbonyl (C=O) groups is 1. The van der Waals surface area contributed by atoms with E-state index in [4.69, 9.17) is 9.47 Å². The fourth-order valence-corrected chi connectivity index (χ4v) is 3.99. The van der Waals surface area contributed by atoms with Crippen molar-refractivity contribution in [2.24, 2.45) is 5.92 Å². The molecule has 2 amide bonds. The standard InChI is InChI=1S/C26H35N3O4/c1-5-15-29(4)16-23-18(3)24(20-9-7-19(17-30)8-10-20)33-25(32-23)21-11-13-22(14-12-21)28-26(31)27-6-2/h5,7-14,18,23-25,30H,1,6,15-17H2,2-4H3,(H2,27,28,31)/t18-,23+,24+,25+/m0/s1. The minimum Gasteiger partial charge on any atom is -0.392 e. The molecule has 178 valence electrons. The topological polar surface area (TPSA) is 83.1 Å². The van der Waals surface area contributed by atoms with Crippen LogP contribution < -0.4 is 10.6 Å². The van der Waals surface area contributed by atoms with Crippen molar-refractivity contribution in [1.29, 1.82) is 0 Å². The van der Waals surface area contributed by atoms with E-state index in [1.807, 2.05) is 61.5 Å². The molecule has 4 atom stereocenters. The predicted octanol–water partition coefficient (Wildman–Crippen LogP) is 4.23. The summed E-state index contributed by atoms with van der Waals surface area (Å²) in [6.07, 6.45) is 1.13. The van der Waals surface area contributed by atoms with Gasteiger partial charge in [-0.15, -0.1) is 6.58 Å². The summed E-state index contributed by atoms with van der Waals surface area (Å²) in [5, 5.41) is 14.9. The van der Waals surface area contributed by atoms with Crippen LogP contribution in [-0.4, -0.2) is 48.8 Å². The Balaban J connectivity index is 1.82. The van der Waals surface area contributed by atoms with E-state index in [9.17, 15) is 9.90 Å². The molecule has 7 heteroatoms. The van der Waals surface area contributed by atoms with Gasteiger partial charge in [-0.2, -0.15) is 0 Å². The molecular weight excluding hydrogens is 418 g/mol. The van der Waals surface area contributed by atoms with Crippen LogP contribution in [0.15, 0.2) is 61.2 Å². The fraction of sp³-hybridized carbons (Fsp3) is 0.423. The Labute approximate surface area is 196 Å². The highest BCUT2D eigenvalue weighted by molar-refractivity contribution is 5.89. The molecule has 0 spiro atoms. The zero-order valence-corrected chi connectivity index (χ0v) is 19.7. The SMILES string of the molecule is C=CCN(C)C[C@H]1O[C@@H](c2ccc(NC(=O)NCC)cc2)O[C@@H](c2ccc(CO)cc2)[C@H]1C. The van der Waals surface area contributed by atoms with Crippen LogP contribution in [0.4, 0.5) is 10.5 Å². The maximum absolute atomic E-state index is 11.8. The number of nitrogens with zero attached hydrogens (tertiary/aromatic N) is 1. The fourth-order valence-electron chi connectivity index (χ4n) is 3.99. The Bertz CT molecular complexity index is 901. The van der Waals surface area contributed by atoms with Crippen LogP contribution in [0.1, 0.15) is 42.9 Å². The Morgan fingerprint density at radius 1 is 1.12 bits per heavy atom. The highest BCUT2D eigenvalue weighted by atomic mass is 16.7. The van der Waals surface area contributed by atoms with Gasteiger partial charge < -0.3 is 30.1 Å². The predicted molar refractivity (Wildman–Crippen MR) is 130 cm³/mol. The smallest absolute Gasteiger partial charge is 0.319 e. The molecule has 0 bridgehead atoms. The quantitative estimate of drug-likeness (QED) is 0.495. The van der Waals surface area contributed by atoms with Crippen molar-refractivity contribution >= 4 is 11.7 Å².